The summed E-state index contributed by atoms with van der Waals surface area (Å²) in [6.07, 6.45) is 1.04. The number of carbonyl (C=O) groups excluding carboxylic acids is 2. The highest BCUT2D eigenvalue weighted by Gasteiger charge is 2.25. The van der Waals surface area contributed by atoms with Gasteiger partial charge in [-0.05, 0) is 50.5 Å². The van der Waals surface area contributed by atoms with Gasteiger partial charge in [0.25, 0.3) is 0 Å². The van der Waals surface area contributed by atoms with E-state index >= 15 is 0 Å². The fourth-order valence-corrected chi connectivity index (χ4v) is 3.33. The van der Waals surface area contributed by atoms with E-state index in [1.54, 1.807) is 11.8 Å². The molecule has 0 aromatic heterocycles. The average Bonchev–Trinajstić information content (AvgIpc) is 2.65. The number of benzene rings is 2. The van der Waals surface area contributed by atoms with Gasteiger partial charge in [0.1, 0.15) is 6.04 Å². The summed E-state index contributed by atoms with van der Waals surface area (Å²) in [5, 5.41) is 2.82. The first-order chi connectivity index (χ1) is 12.9. The minimum absolute atomic E-state index is 0.0192. The number of nitrogens with zero attached hydrogens (tertiary/aromatic N) is 1. The lowest BCUT2D eigenvalue weighted by atomic mass is 10.1. The Morgan fingerprint density at radius 3 is 2.44 bits per heavy atom. The first kappa shape index (κ1) is 21.2. The third-order valence-electron chi connectivity index (χ3n) is 4.51. The first-order valence-corrected chi connectivity index (χ1v) is 10.1. The molecule has 5 heteroatoms. The third-order valence-corrected chi connectivity index (χ3v) is 5.00. The standard InChI is InChI=1S/C22H27BrN2O2/c1-4-24-22(27)17(3)25(15-19-6-5-7-20(23)14-19)21(26)13-12-18-10-8-16(2)9-11-18/h5-11,14,17H,4,12-13,15H2,1-3H3,(H,24,27)/t17-/m0/s1. The molecule has 0 heterocycles. The highest BCUT2D eigenvalue weighted by Crippen LogP contribution is 2.17. The maximum atomic E-state index is 13.0. The quantitative estimate of drug-likeness (QED) is 0.680. The zero-order valence-corrected chi connectivity index (χ0v) is 17.8. The van der Waals surface area contributed by atoms with Crippen LogP contribution in [-0.2, 0) is 22.6 Å². The van der Waals surface area contributed by atoms with Crippen LogP contribution < -0.4 is 5.32 Å². The molecule has 1 N–H and O–H groups in total. The van der Waals surface area contributed by atoms with Crippen LogP contribution in [0.15, 0.2) is 53.0 Å². The van der Waals surface area contributed by atoms with Crippen molar-refractivity contribution in [2.45, 2.75) is 46.2 Å². The molecule has 27 heavy (non-hydrogen) atoms. The largest absolute Gasteiger partial charge is 0.355 e. The Balaban J connectivity index is 2.12. The van der Waals surface area contributed by atoms with E-state index < -0.39 is 6.04 Å². The molecular formula is C22H27BrN2O2. The monoisotopic (exact) mass is 430 g/mol. The molecule has 0 radical (unpaired) electrons. The minimum Gasteiger partial charge on any atom is -0.355 e. The van der Waals surface area contributed by atoms with Crippen molar-refractivity contribution in [3.8, 4) is 0 Å². The second kappa shape index (κ2) is 10.3. The number of amides is 2. The molecule has 4 nitrogen and oxygen atoms in total. The maximum Gasteiger partial charge on any atom is 0.242 e. The summed E-state index contributed by atoms with van der Waals surface area (Å²) >= 11 is 3.46. The predicted molar refractivity (Wildman–Crippen MR) is 112 cm³/mol. The molecule has 0 saturated carbocycles. The number of rotatable bonds is 8. The normalized spacial score (nSPS) is 11.7. The fraction of sp³-hybridized carbons (Fsp3) is 0.364. The highest BCUT2D eigenvalue weighted by molar-refractivity contribution is 9.10. The van der Waals surface area contributed by atoms with E-state index in [-0.39, 0.29) is 11.8 Å². The summed E-state index contributed by atoms with van der Waals surface area (Å²) in [6.45, 7) is 6.66. The van der Waals surface area contributed by atoms with Crippen LogP contribution in [0.1, 0.15) is 37.0 Å². The van der Waals surface area contributed by atoms with Crippen molar-refractivity contribution in [2.75, 3.05) is 6.54 Å². The van der Waals surface area contributed by atoms with Gasteiger partial charge in [0.2, 0.25) is 11.8 Å². The van der Waals surface area contributed by atoms with Crippen LogP contribution in [0.4, 0.5) is 0 Å². The average molecular weight is 431 g/mol. The molecular weight excluding hydrogens is 404 g/mol. The summed E-state index contributed by atoms with van der Waals surface area (Å²) in [7, 11) is 0. The van der Waals surface area contributed by atoms with Gasteiger partial charge in [-0.25, -0.2) is 0 Å². The zero-order chi connectivity index (χ0) is 19.8. The summed E-state index contributed by atoms with van der Waals surface area (Å²) in [6, 6.07) is 15.5. The van der Waals surface area contributed by atoms with Crippen LogP contribution >= 0.6 is 15.9 Å². The predicted octanol–water partition coefficient (Wildman–Crippen LogP) is 4.24. The molecule has 0 fully saturated rings. The SMILES string of the molecule is CCNC(=O)[C@H](C)N(Cc1cccc(Br)c1)C(=O)CCc1ccc(C)cc1. The summed E-state index contributed by atoms with van der Waals surface area (Å²) in [4.78, 5) is 27.0. The van der Waals surface area contributed by atoms with Crippen molar-refractivity contribution in [1.29, 1.82) is 0 Å². The smallest absolute Gasteiger partial charge is 0.242 e. The fourth-order valence-electron chi connectivity index (χ4n) is 2.89. The molecule has 2 aromatic rings. The molecule has 144 valence electrons. The Morgan fingerprint density at radius 1 is 1.11 bits per heavy atom. The van der Waals surface area contributed by atoms with E-state index in [2.05, 4.69) is 45.5 Å². The molecule has 0 bridgehead atoms. The zero-order valence-electron chi connectivity index (χ0n) is 16.2. The van der Waals surface area contributed by atoms with Crippen molar-refractivity contribution in [3.63, 3.8) is 0 Å². The molecule has 0 aliphatic carbocycles. The van der Waals surface area contributed by atoms with Crippen LogP contribution in [0, 0.1) is 6.92 Å². The Hall–Kier alpha value is -2.14. The molecule has 2 aromatic carbocycles. The first-order valence-electron chi connectivity index (χ1n) is 9.28. The molecule has 2 amide bonds. The van der Waals surface area contributed by atoms with Crippen molar-refractivity contribution in [1.82, 2.24) is 10.2 Å². The van der Waals surface area contributed by atoms with Crippen LogP contribution in [0.3, 0.4) is 0 Å². The van der Waals surface area contributed by atoms with Gasteiger partial charge in [-0.1, -0.05) is 57.9 Å². The van der Waals surface area contributed by atoms with Gasteiger partial charge in [0, 0.05) is 24.0 Å². The Kier molecular flexibility index (Phi) is 8.04. The maximum absolute atomic E-state index is 13.0. The van der Waals surface area contributed by atoms with Crippen LogP contribution in [0.5, 0.6) is 0 Å². The molecule has 0 saturated heterocycles. The summed E-state index contributed by atoms with van der Waals surface area (Å²) < 4.78 is 0.956. The number of halogens is 1. The topological polar surface area (TPSA) is 49.4 Å². The van der Waals surface area contributed by atoms with E-state index in [1.807, 2.05) is 38.1 Å². The van der Waals surface area contributed by atoms with Crippen LogP contribution in [0.2, 0.25) is 0 Å². The van der Waals surface area contributed by atoms with Crippen molar-refractivity contribution >= 4 is 27.7 Å². The highest BCUT2D eigenvalue weighted by atomic mass is 79.9. The van der Waals surface area contributed by atoms with Crippen molar-refractivity contribution < 1.29 is 9.59 Å². The second-order valence-corrected chi connectivity index (χ2v) is 7.62. The van der Waals surface area contributed by atoms with Crippen molar-refractivity contribution in [2.24, 2.45) is 0 Å². The molecule has 0 spiro atoms. The van der Waals surface area contributed by atoms with Crippen LogP contribution in [0.25, 0.3) is 0 Å². The molecule has 1 atom stereocenters. The third kappa shape index (κ3) is 6.51. The lowest BCUT2D eigenvalue weighted by Gasteiger charge is -2.29. The molecule has 0 unspecified atom stereocenters. The lowest BCUT2D eigenvalue weighted by Crippen LogP contribution is -2.47. The second-order valence-electron chi connectivity index (χ2n) is 6.71. The van der Waals surface area contributed by atoms with Crippen LogP contribution in [-0.4, -0.2) is 29.3 Å². The number of hydrogen-bond acceptors (Lipinski definition) is 2. The minimum atomic E-state index is -0.519. The van der Waals surface area contributed by atoms with E-state index in [0.29, 0.717) is 25.9 Å². The van der Waals surface area contributed by atoms with E-state index in [9.17, 15) is 9.59 Å². The van der Waals surface area contributed by atoms with Gasteiger partial charge in [-0.15, -0.1) is 0 Å². The van der Waals surface area contributed by atoms with E-state index in [4.69, 9.17) is 0 Å². The van der Waals surface area contributed by atoms with Gasteiger partial charge in [0.15, 0.2) is 0 Å². The number of aryl methyl sites for hydroxylation is 2. The lowest BCUT2D eigenvalue weighted by molar-refractivity contribution is -0.140. The van der Waals surface area contributed by atoms with E-state index in [0.717, 1.165) is 15.6 Å². The number of carbonyl (C=O) groups is 2. The summed E-state index contributed by atoms with van der Waals surface area (Å²) in [5.41, 5.74) is 3.32. The Bertz CT molecular complexity index is 774. The van der Waals surface area contributed by atoms with Gasteiger partial charge in [-0.2, -0.15) is 0 Å². The van der Waals surface area contributed by atoms with E-state index in [1.165, 1.54) is 5.56 Å². The number of likely N-dealkylation sites (N-methyl/N-ethyl adjacent to an activating group) is 1. The number of hydrogen-bond donors (Lipinski definition) is 1. The van der Waals surface area contributed by atoms with Gasteiger partial charge in [-0.3, -0.25) is 9.59 Å². The number of nitrogens with one attached hydrogen (secondary N) is 1. The Labute approximate surface area is 170 Å². The molecule has 0 aliphatic heterocycles. The summed E-state index contributed by atoms with van der Waals surface area (Å²) in [5.74, 6) is -0.148. The van der Waals surface area contributed by atoms with Gasteiger partial charge < -0.3 is 10.2 Å². The Morgan fingerprint density at radius 2 is 1.81 bits per heavy atom. The van der Waals surface area contributed by atoms with Gasteiger partial charge in [0.05, 0.1) is 0 Å². The molecule has 0 aliphatic rings. The van der Waals surface area contributed by atoms with Gasteiger partial charge >= 0.3 is 0 Å². The molecule has 2 rings (SSSR count). The van der Waals surface area contributed by atoms with Crippen molar-refractivity contribution in [3.05, 3.63) is 69.7 Å².